The van der Waals surface area contributed by atoms with E-state index in [2.05, 4.69) is 15.3 Å². The van der Waals surface area contributed by atoms with E-state index in [1.165, 1.54) is 19.2 Å². The molecule has 1 N–H and O–H groups in total. The number of rotatable bonds is 6. The average Bonchev–Trinajstić information content (AvgIpc) is 2.49. The Morgan fingerprint density at radius 1 is 1.23 bits per heavy atom. The summed E-state index contributed by atoms with van der Waals surface area (Å²) in [5.41, 5.74) is 0. The smallest absolute Gasteiger partial charge is 0.255 e. The summed E-state index contributed by atoms with van der Waals surface area (Å²) >= 11 is 0. The van der Waals surface area contributed by atoms with Gasteiger partial charge in [-0.15, -0.1) is 0 Å². The number of hydrogen-bond acceptors (Lipinski definition) is 6. The second-order valence-corrected chi connectivity index (χ2v) is 6.36. The Labute approximate surface area is 126 Å². The van der Waals surface area contributed by atoms with Crippen molar-refractivity contribution in [3.8, 4) is 5.88 Å². The first kappa shape index (κ1) is 16.1. The molecule has 22 heavy (non-hydrogen) atoms. The van der Waals surface area contributed by atoms with E-state index in [1.54, 1.807) is 0 Å². The summed E-state index contributed by atoms with van der Waals surface area (Å²) in [6, 6.07) is 4.55. The molecule has 6 nitrogen and oxygen atoms in total. The lowest BCUT2D eigenvalue weighted by atomic mass is 10.4. The molecule has 9 heteroatoms. The Bertz CT molecular complexity index is 752. The SMILES string of the molecule is COc1nc(NCCS(=O)(=O)c2ccc(F)cc2)ncc1F. The van der Waals surface area contributed by atoms with E-state index < -0.39 is 21.5 Å². The van der Waals surface area contributed by atoms with Gasteiger partial charge in [0, 0.05) is 6.54 Å². The number of halogens is 2. The third kappa shape index (κ3) is 3.88. The average molecular weight is 329 g/mol. The fourth-order valence-corrected chi connectivity index (χ4v) is 2.79. The van der Waals surface area contributed by atoms with Gasteiger partial charge in [0.05, 0.1) is 24.0 Å². The molecular formula is C13H13F2N3O3S. The number of nitrogens with zero attached hydrogens (tertiary/aromatic N) is 2. The molecule has 0 aliphatic heterocycles. The molecule has 118 valence electrons. The Morgan fingerprint density at radius 2 is 1.91 bits per heavy atom. The monoisotopic (exact) mass is 329 g/mol. The molecule has 2 aromatic rings. The molecule has 0 unspecified atom stereocenters. The molecule has 1 aromatic heterocycles. The summed E-state index contributed by atoms with van der Waals surface area (Å²) < 4.78 is 54.7. The van der Waals surface area contributed by atoms with Gasteiger partial charge in [-0.25, -0.2) is 17.8 Å². The lowest BCUT2D eigenvalue weighted by Gasteiger charge is -2.07. The zero-order chi connectivity index (χ0) is 16.2. The van der Waals surface area contributed by atoms with E-state index in [1.807, 2.05) is 0 Å². The van der Waals surface area contributed by atoms with Crippen LogP contribution in [-0.4, -0.2) is 37.8 Å². The zero-order valence-corrected chi connectivity index (χ0v) is 12.4. The summed E-state index contributed by atoms with van der Waals surface area (Å²) in [5, 5.41) is 2.66. The summed E-state index contributed by atoms with van der Waals surface area (Å²) in [4.78, 5) is 7.42. The first-order valence-electron chi connectivity index (χ1n) is 6.21. The fraction of sp³-hybridized carbons (Fsp3) is 0.231. The van der Waals surface area contributed by atoms with Gasteiger partial charge in [0.2, 0.25) is 11.8 Å². The van der Waals surface area contributed by atoms with Gasteiger partial charge in [0.1, 0.15) is 5.82 Å². The van der Waals surface area contributed by atoms with Crippen LogP contribution in [0.25, 0.3) is 0 Å². The van der Waals surface area contributed by atoms with Crippen LogP contribution in [0.1, 0.15) is 0 Å². The quantitative estimate of drug-likeness (QED) is 0.812. The maximum absolute atomic E-state index is 13.1. The number of sulfone groups is 1. The summed E-state index contributed by atoms with van der Waals surface area (Å²) in [6.07, 6.45) is 0.919. The van der Waals surface area contributed by atoms with Crippen molar-refractivity contribution < 1.29 is 21.9 Å². The van der Waals surface area contributed by atoms with Crippen molar-refractivity contribution in [3.63, 3.8) is 0 Å². The molecule has 0 fully saturated rings. The number of hydrogen-bond donors (Lipinski definition) is 1. The minimum atomic E-state index is -3.56. The van der Waals surface area contributed by atoms with Crippen molar-refractivity contribution in [1.29, 1.82) is 0 Å². The Balaban J connectivity index is 1.99. The predicted molar refractivity (Wildman–Crippen MR) is 75.5 cm³/mol. The first-order valence-corrected chi connectivity index (χ1v) is 7.86. The number of aromatic nitrogens is 2. The molecule has 0 bridgehead atoms. The topological polar surface area (TPSA) is 81.2 Å². The van der Waals surface area contributed by atoms with Crippen LogP contribution in [-0.2, 0) is 9.84 Å². The van der Waals surface area contributed by atoms with E-state index in [0.717, 1.165) is 18.3 Å². The standard InChI is InChI=1S/C13H13F2N3O3S/c1-21-12-11(15)8-17-13(18-12)16-6-7-22(19,20)10-4-2-9(14)3-5-10/h2-5,8H,6-7H2,1H3,(H,16,17,18). The molecule has 0 aliphatic carbocycles. The largest absolute Gasteiger partial charge is 0.479 e. The van der Waals surface area contributed by atoms with Crippen molar-refractivity contribution >= 4 is 15.8 Å². The molecule has 2 rings (SSSR count). The Hall–Kier alpha value is -2.29. The van der Waals surface area contributed by atoms with Crippen molar-refractivity contribution in [3.05, 3.63) is 42.1 Å². The number of methoxy groups -OCH3 is 1. The molecule has 0 spiro atoms. The van der Waals surface area contributed by atoms with Crippen molar-refractivity contribution in [2.24, 2.45) is 0 Å². The molecule has 0 radical (unpaired) electrons. The van der Waals surface area contributed by atoms with E-state index in [0.29, 0.717) is 0 Å². The third-order valence-electron chi connectivity index (χ3n) is 2.73. The van der Waals surface area contributed by atoms with Crippen LogP contribution in [0, 0.1) is 11.6 Å². The van der Waals surface area contributed by atoms with E-state index in [9.17, 15) is 17.2 Å². The van der Waals surface area contributed by atoms with Gasteiger partial charge in [-0.2, -0.15) is 9.37 Å². The highest BCUT2D eigenvalue weighted by Gasteiger charge is 2.14. The predicted octanol–water partition coefficient (Wildman–Crippen LogP) is 1.65. The van der Waals surface area contributed by atoms with E-state index >= 15 is 0 Å². The third-order valence-corrected chi connectivity index (χ3v) is 4.46. The number of nitrogens with one attached hydrogen (secondary N) is 1. The number of anilines is 1. The van der Waals surface area contributed by atoms with Gasteiger partial charge >= 0.3 is 0 Å². The highest BCUT2D eigenvalue weighted by Crippen LogP contribution is 2.14. The van der Waals surface area contributed by atoms with E-state index in [-0.39, 0.29) is 29.0 Å². The van der Waals surface area contributed by atoms with Gasteiger partial charge < -0.3 is 10.1 Å². The second-order valence-electron chi connectivity index (χ2n) is 4.25. The highest BCUT2D eigenvalue weighted by atomic mass is 32.2. The number of benzene rings is 1. The van der Waals surface area contributed by atoms with Crippen LogP contribution in [0.4, 0.5) is 14.7 Å². The van der Waals surface area contributed by atoms with Crippen molar-refractivity contribution in [2.75, 3.05) is 24.7 Å². The minimum absolute atomic E-state index is 0.00843. The Kier molecular flexibility index (Phi) is 4.86. The van der Waals surface area contributed by atoms with E-state index in [4.69, 9.17) is 4.74 Å². The van der Waals surface area contributed by atoms with Gasteiger partial charge in [0.15, 0.2) is 9.84 Å². The molecule has 0 aliphatic rings. The van der Waals surface area contributed by atoms with Crippen LogP contribution in [0.3, 0.4) is 0 Å². The maximum Gasteiger partial charge on any atom is 0.255 e. The summed E-state index contributed by atoms with van der Waals surface area (Å²) in [6.45, 7) is 0.00843. The zero-order valence-electron chi connectivity index (χ0n) is 11.6. The van der Waals surface area contributed by atoms with Crippen LogP contribution in [0.15, 0.2) is 35.4 Å². The molecule has 0 saturated carbocycles. The molecule has 0 saturated heterocycles. The molecule has 0 atom stereocenters. The van der Waals surface area contributed by atoms with Gasteiger partial charge in [-0.1, -0.05) is 0 Å². The van der Waals surface area contributed by atoms with Gasteiger partial charge in [-0.3, -0.25) is 0 Å². The number of ether oxygens (including phenoxy) is 1. The van der Waals surface area contributed by atoms with Gasteiger partial charge in [0.25, 0.3) is 5.88 Å². The minimum Gasteiger partial charge on any atom is -0.479 e. The lowest BCUT2D eigenvalue weighted by Crippen LogP contribution is -2.17. The van der Waals surface area contributed by atoms with Crippen LogP contribution in [0.2, 0.25) is 0 Å². The molecule has 1 aromatic carbocycles. The summed E-state index contributed by atoms with van der Waals surface area (Å²) in [7, 11) is -2.30. The van der Waals surface area contributed by atoms with Gasteiger partial charge in [-0.05, 0) is 24.3 Å². The molecule has 1 heterocycles. The first-order chi connectivity index (χ1) is 10.4. The molecule has 0 amide bonds. The Morgan fingerprint density at radius 3 is 2.55 bits per heavy atom. The maximum atomic E-state index is 13.1. The summed E-state index contributed by atoms with van der Waals surface area (Å²) in [5.74, 6) is -1.66. The van der Waals surface area contributed by atoms with Crippen LogP contribution >= 0.6 is 0 Å². The highest BCUT2D eigenvalue weighted by molar-refractivity contribution is 7.91. The van der Waals surface area contributed by atoms with Crippen LogP contribution in [0.5, 0.6) is 5.88 Å². The lowest BCUT2D eigenvalue weighted by molar-refractivity contribution is 0.368. The normalized spacial score (nSPS) is 11.2. The second kappa shape index (κ2) is 6.65. The molecular weight excluding hydrogens is 316 g/mol. The van der Waals surface area contributed by atoms with Crippen molar-refractivity contribution in [1.82, 2.24) is 9.97 Å². The van der Waals surface area contributed by atoms with Crippen LogP contribution < -0.4 is 10.1 Å². The van der Waals surface area contributed by atoms with Crippen molar-refractivity contribution in [2.45, 2.75) is 4.90 Å². The fourth-order valence-electron chi connectivity index (χ4n) is 1.64.